The molecule has 1 N–H and O–H groups in total. The molecule has 0 aliphatic carbocycles. The summed E-state index contributed by atoms with van der Waals surface area (Å²) in [5, 5.41) is 15.1. The molecule has 7 heteroatoms. The number of tetrazole rings is 1. The normalized spacial score (nSPS) is 10.6. The van der Waals surface area contributed by atoms with E-state index < -0.39 is 0 Å². The molecule has 1 aromatic carbocycles. The molecule has 2 aromatic rings. The van der Waals surface area contributed by atoms with Crippen molar-refractivity contribution in [3.05, 3.63) is 29.8 Å². The van der Waals surface area contributed by atoms with E-state index >= 15 is 0 Å². The van der Waals surface area contributed by atoms with Gasteiger partial charge in [-0.3, -0.25) is 4.79 Å². The molecule has 1 heterocycles. The molecular formula is C14H19N5OS. The van der Waals surface area contributed by atoms with Gasteiger partial charge in [-0.1, -0.05) is 37.2 Å². The van der Waals surface area contributed by atoms with Gasteiger partial charge in [0, 0.05) is 6.54 Å². The molecule has 0 unspecified atom stereocenters. The fraction of sp³-hybridized carbons (Fsp3) is 0.429. The lowest BCUT2D eigenvalue weighted by Gasteiger charge is -2.05. The highest BCUT2D eigenvalue weighted by Crippen LogP contribution is 2.18. The predicted molar refractivity (Wildman–Crippen MR) is 82.5 cm³/mol. The Morgan fingerprint density at radius 1 is 1.43 bits per heavy atom. The van der Waals surface area contributed by atoms with Gasteiger partial charge in [-0.25, -0.2) is 0 Å². The molecule has 0 aliphatic rings. The molecule has 0 saturated carbocycles. The highest BCUT2D eigenvalue weighted by molar-refractivity contribution is 7.99. The number of benzene rings is 1. The van der Waals surface area contributed by atoms with Gasteiger partial charge in [0.05, 0.1) is 11.4 Å². The third kappa shape index (κ3) is 4.56. The van der Waals surface area contributed by atoms with E-state index in [2.05, 4.69) is 27.8 Å². The van der Waals surface area contributed by atoms with E-state index in [1.54, 1.807) is 4.68 Å². The highest BCUT2D eigenvalue weighted by atomic mass is 32.2. The molecule has 1 amide bonds. The van der Waals surface area contributed by atoms with Crippen LogP contribution in [0.1, 0.15) is 25.3 Å². The zero-order valence-corrected chi connectivity index (χ0v) is 13.1. The number of aromatic nitrogens is 4. The van der Waals surface area contributed by atoms with Crippen molar-refractivity contribution < 1.29 is 4.79 Å². The molecule has 112 valence electrons. The number of hydrogen-bond acceptors (Lipinski definition) is 5. The van der Waals surface area contributed by atoms with E-state index in [-0.39, 0.29) is 5.91 Å². The Kier molecular flexibility index (Phi) is 5.74. The minimum Gasteiger partial charge on any atom is -0.355 e. The van der Waals surface area contributed by atoms with Crippen LogP contribution in [0.15, 0.2) is 29.4 Å². The first-order valence-electron chi connectivity index (χ1n) is 6.95. The summed E-state index contributed by atoms with van der Waals surface area (Å²) >= 11 is 1.34. The number of nitrogens with zero attached hydrogens (tertiary/aromatic N) is 4. The molecule has 0 spiro atoms. The zero-order chi connectivity index (χ0) is 15.1. The Labute approximate surface area is 128 Å². The molecule has 21 heavy (non-hydrogen) atoms. The monoisotopic (exact) mass is 305 g/mol. The number of thioether (sulfide) groups is 1. The first kappa shape index (κ1) is 15.5. The number of nitrogens with one attached hydrogen (secondary N) is 1. The Morgan fingerprint density at radius 2 is 2.29 bits per heavy atom. The summed E-state index contributed by atoms with van der Waals surface area (Å²) in [7, 11) is 0. The van der Waals surface area contributed by atoms with Gasteiger partial charge in [0.15, 0.2) is 0 Å². The number of carbonyl (C=O) groups excluding carboxylic acids is 1. The summed E-state index contributed by atoms with van der Waals surface area (Å²) in [4.78, 5) is 11.7. The number of hydrogen-bond donors (Lipinski definition) is 1. The van der Waals surface area contributed by atoms with Crippen molar-refractivity contribution in [3.8, 4) is 5.69 Å². The van der Waals surface area contributed by atoms with Crippen LogP contribution in [-0.4, -0.2) is 38.4 Å². The fourth-order valence-corrected chi connectivity index (χ4v) is 2.50. The van der Waals surface area contributed by atoms with Crippen molar-refractivity contribution in [3.63, 3.8) is 0 Å². The molecular weight excluding hydrogens is 286 g/mol. The fourth-order valence-electron chi connectivity index (χ4n) is 1.78. The predicted octanol–water partition coefficient (Wildman–Crippen LogP) is 1.98. The Hall–Kier alpha value is -1.89. The smallest absolute Gasteiger partial charge is 0.230 e. The van der Waals surface area contributed by atoms with E-state index in [0.29, 0.717) is 10.9 Å². The molecule has 0 bridgehead atoms. The van der Waals surface area contributed by atoms with E-state index in [1.165, 1.54) is 11.8 Å². The highest BCUT2D eigenvalue weighted by Gasteiger charge is 2.11. The molecule has 0 atom stereocenters. The summed E-state index contributed by atoms with van der Waals surface area (Å²) in [6.07, 6.45) is 2.07. The second-order valence-corrected chi connectivity index (χ2v) is 5.65. The van der Waals surface area contributed by atoms with Crippen molar-refractivity contribution in [2.24, 2.45) is 0 Å². The van der Waals surface area contributed by atoms with Crippen molar-refractivity contribution in [1.82, 2.24) is 25.5 Å². The number of amides is 1. The third-order valence-corrected chi connectivity index (χ3v) is 3.79. The number of unbranched alkanes of at least 4 members (excludes halogenated alkanes) is 1. The number of carbonyl (C=O) groups is 1. The van der Waals surface area contributed by atoms with Crippen LogP contribution >= 0.6 is 11.8 Å². The summed E-state index contributed by atoms with van der Waals surface area (Å²) in [6.45, 7) is 4.83. The van der Waals surface area contributed by atoms with Gasteiger partial charge >= 0.3 is 0 Å². The quantitative estimate of drug-likeness (QED) is 0.625. The molecule has 0 radical (unpaired) electrons. The molecule has 0 aliphatic heterocycles. The Morgan fingerprint density at radius 3 is 3.05 bits per heavy atom. The lowest BCUT2D eigenvalue weighted by atomic mass is 10.2. The van der Waals surface area contributed by atoms with Gasteiger partial charge in [0.1, 0.15) is 0 Å². The lowest BCUT2D eigenvalue weighted by Crippen LogP contribution is -2.26. The van der Waals surface area contributed by atoms with Gasteiger partial charge in [-0.05, 0) is 41.5 Å². The topological polar surface area (TPSA) is 72.7 Å². The van der Waals surface area contributed by atoms with Crippen molar-refractivity contribution in [2.45, 2.75) is 31.8 Å². The first-order chi connectivity index (χ1) is 10.2. The van der Waals surface area contributed by atoms with Gasteiger partial charge in [0.25, 0.3) is 0 Å². The Balaban J connectivity index is 1.96. The minimum absolute atomic E-state index is 0.00671. The maximum atomic E-state index is 11.7. The van der Waals surface area contributed by atoms with Crippen LogP contribution in [0.25, 0.3) is 5.69 Å². The minimum atomic E-state index is 0.00671. The largest absolute Gasteiger partial charge is 0.355 e. The summed E-state index contributed by atoms with van der Waals surface area (Å²) in [5.74, 6) is 0.322. The SMILES string of the molecule is CCCCNC(=O)CSc1nnnn1-c1cccc(C)c1. The van der Waals surface area contributed by atoms with Crippen LogP contribution in [0.4, 0.5) is 0 Å². The Bertz CT molecular complexity index is 599. The van der Waals surface area contributed by atoms with Crippen molar-refractivity contribution >= 4 is 17.7 Å². The van der Waals surface area contributed by atoms with Gasteiger partial charge in [-0.2, -0.15) is 4.68 Å². The zero-order valence-electron chi connectivity index (χ0n) is 12.2. The van der Waals surface area contributed by atoms with Gasteiger partial charge in [0.2, 0.25) is 11.1 Å². The molecule has 0 fully saturated rings. The first-order valence-corrected chi connectivity index (χ1v) is 7.94. The van der Waals surface area contributed by atoms with E-state index in [4.69, 9.17) is 0 Å². The van der Waals surface area contributed by atoms with Crippen LogP contribution in [0, 0.1) is 6.92 Å². The summed E-state index contributed by atoms with van der Waals surface area (Å²) < 4.78 is 1.65. The van der Waals surface area contributed by atoms with E-state index in [9.17, 15) is 4.79 Å². The van der Waals surface area contributed by atoms with E-state index in [1.807, 2.05) is 31.2 Å². The molecule has 6 nitrogen and oxygen atoms in total. The second kappa shape index (κ2) is 7.78. The molecule has 0 saturated heterocycles. The van der Waals surface area contributed by atoms with E-state index in [0.717, 1.165) is 30.6 Å². The average molecular weight is 305 g/mol. The number of aryl methyl sites for hydroxylation is 1. The van der Waals surface area contributed by atoms with Crippen molar-refractivity contribution in [1.29, 1.82) is 0 Å². The van der Waals surface area contributed by atoms with Crippen molar-refractivity contribution in [2.75, 3.05) is 12.3 Å². The third-order valence-electron chi connectivity index (χ3n) is 2.87. The maximum absolute atomic E-state index is 11.7. The van der Waals surface area contributed by atoms with Crippen LogP contribution < -0.4 is 5.32 Å². The van der Waals surface area contributed by atoms with Gasteiger partial charge in [-0.15, -0.1) is 5.10 Å². The lowest BCUT2D eigenvalue weighted by molar-refractivity contribution is -0.118. The van der Waals surface area contributed by atoms with Crippen LogP contribution in [0.2, 0.25) is 0 Å². The van der Waals surface area contributed by atoms with Crippen LogP contribution in [0.5, 0.6) is 0 Å². The average Bonchev–Trinajstić information content (AvgIpc) is 2.94. The standard InChI is InChI=1S/C14H19N5OS/c1-3-4-8-15-13(20)10-21-14-16-17-18-19(14)12-7-5-6-11(2)9-12/h5-7,9H,3-4,8,10H2,1-2H3,(H,15,20). The molecule has 1 aromatic heterocycles. The van der Waals surface area contributed by atoms with Crippen LogP contribution in [-0.2, 0) is 4.79 Å². The second-order valence-electron chi connectivity index (χ2n) is 4.70. The summed E-state index contributed by atoms with van der Waals surface area (Å²) in [6, 6.07) is 7.91. The molecule has 2 rings (SSSR count). The number of rotatable bonds is 7. The summed E-state index contributed by atoms with van der Waals surface area (Å²) in [5.41, 5.74) is 2.03. The van der Waals surface area contributed by atoms with Crippen LogP contribution in [0.3, 0.4) is 0 Å². The van der Waals surface area contributed by atoms with Gasteiger partial charge < -0.3 is 5.32 Å². The maximum Gasteiger partial charge on any atom is 0.230 e.